The monoisotopic (exact) mass is 439 g/mol. The summed E-state index contributed by atoms with van der Waals surface area (Å²) in [5.74, 6) is -0.558. The van der Waals surface area contributed by atoms with Gasteiger partial charge in [-0.05, 0) is 12.8 Å². The summed E-state index contributed by atoms with van der Waals surface area (Å²) in [5.41, 5.74) is 0. The second-order valence-electron chi connectivity index (χ2n) is 6.91. The average molecular weight is 439 g/mol. The van der Waals surface area contributed by atoms with Gasteiger partial charge in [0, 0.05) is 19.4 Å². The molecule has 1 amide bonds. The molecule has 0 rings (SSSR count). The quantitative estimate of drug-likeness (QED) is 0.159. The first-order valence-electron chi connectivity index (χ1n) is 10.5. The number of aliphatic hydroxyl groups excluding tert-OH is 1. The van der Waals surface area contributed by atoms with E-state index in [0.29, 0.717) is 6.42 Å². The maximum Gasteiger partial charge on any atom is 0.472 e. The van der Waals surface area contributed by atoms with Crippen LogP contribution < -0.4 is 5.32 Å². The van der Waals surface area contributed by atoms with Crippen molar-refractivity contribution in [1.82, 2.24) is 5.32 Å². The highest BCUT2D eigenvalue weighted by Crippen LogP contribution is 2.42. The third-order valence-corrected chi connectivity index (χ3v) is 5.02. The Hall–Kier alpha value is -0.990. The lowest BCUT2D eigenvalue weighted by molar-refractivity contribution is -0.147. The molecule has 3 N–H and O–H groups in total. The zero-order valence-electron chi connectivity index (χ0n) is 17.8. The van der Waals surface area contributed by atoms with E-state index >= 15 is 0 Å². The molecule has 0 aromatic carbocycles. The highest BCUT2D eigenvalue weighted by atomic mass is 31.2. The number of hydrogen-bond donors (Lipinski definition) is 3. The first-order chi connectivity index (χ1) is 13.8. The number of amides is 1. The van der Waals surface area contributed by atoms with Crippen molar-refractivity contribution in [2.45, 2.75) is 84.2 Å². The van der Waals surface area contributed by atoms with E-state index < -0.39 is 26.5 Å². The molecule has 0 heterocycles. The molecule has 0 spiro atoms. The van der Waals surface area contributed by atoms with Crippen LogP contribution in [-0.2, 0) is 27.9 Å². The molecule has 0 aromatic rings. The van der Waals surface area contributed by atoms with E-state index in [1.165, 1.54) is 0 Å². The number of esters is 1. The van der Waals surface area contributed by atoms with Crippen LogP contribution in [-0.4, -0.2) is 54.3 Å². The molecule has 0 bridgehead atoms. The fraction of sp³-hybridized carbons (Fsp3) is 0.895. The van der Waals surface area contributed by atoms with Gasteiger partial charge in [-0.25, -0.2) is 4.57 Å². The number of ether oxygens (including phenoxy) is 1. The van der Waals surface area contributed by atoms with Gasteiger partial charge in [-0.3, -0.25) is 18.6 Å². The molecule has 0 fully saturated rings. The van der Waals surface area contributed by atoms with Crippen LogP contribution in [0.15, 0.2) is 0 Å². The Morgan fingerprint density at radius 2 is 1.55 bits per heavy atom. The molecular formula is C19H38NO8P. The van der Waals surface area contributed by atoms with Gasteiger partial charge in [0.05, 0.1) is 13.2 Å². The van der Waals surface area contributed by atoms with Crippen molar-refractivity contribution in [3.63, 3.8) is 0 Å². The number of aliphatic hydroxyl groups is 1. The normalized spacial score (nSPS) is 14.2. The minimum absolute atomic E-state index is 0.0806. The maximum atomic E-state index is 11.7. The fourth-order valence-electron chi connectivity index (χ4n) is 2.38. The van der Waals surface area contributed by atoms with Crippen molar-refractivity contribution in [3.05, 3.63) is 0 Å². The Morgan fingerprint density at radius 3 is 2.24 bits per heavy atom. The predicted molar refractivity (Wildman–Crippen MR) is 109 cm³/mol. The largest absolute Gasteiger partial charge is 0.472 e. The highest BCUT2D eigenvalue weighted by Gasteiger charge is 2.23. The molecule has 2 atom stereocenters. The van der Waals surface area contributed by atoms with Gasteiger partial charge >= 0.3 is 13.8 Å². The smallest absolute Gasteiger partial charge is 0.463 e. The summed E-state index contributed by atoms with van der Waals surface area (Å²) in [7, 11) is -4.36. The predicted octanol–water partition coefficient (Wildman–Crippen LogP) is 3.08. The summed E-state index contributed by atoms with van der Waals surface area (Å²) in [5, 5.41) is 12.3. The zero-order chi connectivity index (χ0) is 22.0. The van der Waals surface area contributed by atoms with Crippen LogP contribution in [0.3, 0.4) is 0 Å². The third kappa shape index (κ3) is 18.8. The van der Waals surface area contributed by atoms with Crippen LogP contribution in [0.2, 0.25) is 0 Å². The van der Waals surface area contributed by atoms with Gasteiger partial charge in [-0.15, -0.1) is 0 Å². The molecule has 0 aliphatic rings. The Morgan fingerprint density at radius 1 is 0.931 bits per heavy atom. The summed E-state index contributed by atoms with van der Waals surface area (Å²) in [6.45, 7) is 3.21. The van der Waals surface area contributed by atoms with Gasteiger partial charge in [-0.2, -0.15) is 0 Å². The van der Waals surface area contributed by atoms with Crippen LogP contribution in [0.5, 0.6) is 0 Å². The van der Waals surface area contributed by atoms with E-state index in [9.17, 15) is 24.2 Å². The number of nitrogens with one attached hydrogen (secondary N) is 1. The summed E-state index contributed by atoms with van der Waals surface area (Å²) < 4.78 is 26.0. The number of rotatable bonds is 19. The molecule has 172 valence electrons. The van der Waals surface area contributed by atoms with Crippen LogP contribution >= 0.6 is 7.82 Å². The van der Waals surface area contributed by atoms with Crippen molar-refractivity contribution in [2.75, 3.05) is 26.4 Å². The van der Waals surface area contributed by atoms with Crippen molar-refractivity contribution < 1.29 is 37.9 Å². The molecule has 29 heavy (non-hydrogen) atoms. The van der Waals surface area contributed by atoms with Crippen molar-refractivity contribution in [2.24, 2.45) is 0 Å². The highest BCUT2D eigenvalue weighted by molar-refractivity contribution is 7.47. The third-order valence-electron chi connectivity index (χ3n) is 4.04. The lowest BCUT2D eigenvalue weighted by Gasteiger charge is -2.15. The molecule has 10 heteroatoms. The first kappa shape index (κ1) is 28.0. The number of phosphoric ester groups is 1. The van der Waals surface area contributed by atoms with Gasteiger partial charge in [0.15, 0.2) is 0 Å². The Balaban J connectivity index is 3.78. The minimum atomic E-state index is -4.36. The molecule has 9 nitrogen and oxygen atoms in total. The lowest BCUT2D eigenvalue weighted by atomic mass is 10.1. The lowest BCUT2D eigenvalue weighted by Crippen LogP contribution is -2.27. The molecule has 2 unspecified atom stereocenters. The number of carbonyl (C=O) groups excluding carboxylic acids is 2. The van der Waals surface area contributed by atoms with Crippen molar-refractivity contribution >= 4 is 19.7 Å². The van der Waals surface area contributed by atoms with Crippen LogP contribution in [0.1, 0.15) is 78.1 Å². The number of phosphoric acid groups is 1. The van der Waals surface area contributed by atoms with E-state index in [1.54, 1.807) is 0 Å². The number of unbranched alkanes of at least 4 members (excludes halogenated alkanes) is 6. The van der Waals surface area contributed by atoms with E-state index in [-0.39, 0.29) is 32.1 Å². The Labute approximate surface area is 174 Å². The van der Waals surface area contributed by atoms with Gasteiger partial charge in [0.1, 0.15) is 12.7 Å². The summed E-state index contributed by atoms with van der Waals surface area (Å²) in [6.07, 6.45) is 7.28. The maximum absolute atomic E-state index is 11.7. The molecule has 0 radical (unpaired) electrons. The zero-order valence-corrected chi connectivity index (χ0v) is 18.7. The van der Waals surface area contributed by atoms with E-state index in [2.05, 4.69) is 16.8 Å². The van der Waals surface area contributed by atoms with E-state index in [1.807, 2.05) is 6.92 Å². The molecule has 0 saturated carbocycles. The second kappa shape index (κ2) is 17.8. The van der Waals surface area contributed by atoms with Crippen molar-refractivity contribution in [3.8, 4) is 0 Å². The number of hydrogen-bond acceptors (Lipinski definition) is 7. The summed E-state index contributed by atoms with van der Waals surface area (Å²) in [4.78, 5) is 32.6. The SMILES string of the molecule is CCCCCCCC(=O)OCC(O)COP(=O)(O)OCCNC(=O)CCCCC. The summed E-state index contributed by atoms with van der Waals surface area (Å²) in [6, 6.07) is 0. The van der Waals surface area contributed by atoms with E-state index in [0.717, 1.165) is 51.4 Å². The van der Waals surface area contributed by atoms with Gasteiger partial charge < -0.3 is 20.1 Å². The van der Waals surface area contributed by atoms with Crippen molar-refractivity contribution in [1.29, 1.82) is 0 Å². The molecule has 0 aromatic heterocycles. The van der Waals surface area contributed by atoms with Gasteiger partial charge in [0.25, 0.3) is 0 Å². The minimum Gasteiger partial charge on any atom is -0.463 e. The van der Waals surface area contributed by atoms with Crippen LogP contribution in [0, 0.1) is 0 Å². The molecular weight excluding hydrogens is 401 g/mol. The second-order valence-corrected chi connectivity index (χ2v) is 8.36. The Bertz CT molecular complexity index is 489. The standard InChI is InChI=1S/C19H38NO8P/c1-3-5-7-8-10-12-19(23)26-15-17(21)16-28-29(24,25)27-14-13-20-18(22)11-9-6-4-2/h17,21H,3-16H2,1-2H3,(H,20,22)(H,24,25). The summed E-state index contributed by atoms with van der Waals surface area (Å²) >= 11 is 0. The van der Waals surface area contributed by atoms with E-state index in [4.69, 9.17) is 9.26 Å². The first-order valence-corrected chi connectivity index (χ1v) is 12.0. The van der Waals surface area contributed by atoms with Crippen LogP contribution in [0.4, 0.5) is 0 Å². The molecule has 0 aliphatic heterocycles. The van der Waals surface area contributed by atoms with Crippen LogP contribution in [0.25, 0.3) is 0 Å². The van der Waals surface area contributed by atoms with Gasteiger partial charge in [0.2, 0.25) is 5.91 Å². The van der Waals surface area contributed by atoms with Gasteiger partial charge in [-0.1, -0.05) is 52.4 Å². The Kier molecular flexibility index (Phi) is 17.2. The fourth-order valence-corrected chi connectivity index (χ4v) is 3.13. The average Bonchev–Trinajstić information content (AvgIpc) is 2.68. The topological polar surface area (TPSA) is 131 Å². The molecule has 0 saturated heterocycles. The number of carbonyl (C=O) groups is 2. The molecule has 0 aliphatic carbocycles.